The first-order valence-corrected chi connectivity index (χ1v) is 6.41. The van der Waals surface area contributed by atoms with Crippen LogP contribution in [0.4, 0.5) is 8.78 Å². The van der Waals surface area contributed by atoms with Crippen LogP contribution in [0, 0.1) is 11.6 Å². The van der Waals surface area contributed by atoms with Crippen molar-refractivity contribution in [2.24, 2.45) is 0 Å². The van der Waals surface area contributed by atoms with Crippen molar-refractivity contribution in [1.82, 2.24) is 0 Å². The second-order valence-corrected chi connectivity index (χ2v) is 4.62. The number of aliphatic hydroxyl groups is 1. The van der Waals surface area contributed by atoms with E-state index >= 15 is 0 Å². The zero-order valence-corrected chi connectivity index (χ0v) is 12.1. The van der Waals surface area contributed by atoms with Crippen molar-refractivity contribution >= 4 is 11.6 Å². The summed E-state index contributed by atoms with van der Waals surface area (Å²) in [7, 11) is 2.81. The minimum atomic E-state index is -1.56. The molecule has 3 nitrogen and oxygen atoms in total. The van der Waals surface area contributed by atoms with E-state index in [1.165, 1.54) is 32.4 Å². The molecule has 0 spiro atoms. The molecule has 2 aromatic carbocycles. The summed E-state index contributed by atoms with van der Waals surface area (Å²) >= 11 is 6.13. The average Bonchev–Trinajstić information content (AvgIpc) is 2.46. The Balaban J connectivity index is 2.57. The number of rotatable bonds is 4. The average molecular weight is 315 g/mol. The highest BCUT2D eigenvalue weighted by Crippen LogP contribution is 2.41. The van der Waals surface area contributed by atoms with Crippen LogP contribution in [0.2, 0.25) is 5.02 Å². The zero-order chi connectivity index (χ0) is 15.6. The molecule has 1 unspecified atom stereocenters. The van der Waals surface area contributed by atoms with E-state index in [1.807, 2.05) is 0 Å². The fourth-order valence-corrected chi connectivity index (χ4v) is 2.38. The van der Waals surface area contributed by atoms with Crippen LogP contribution < -0.4 is 9.47 Å². The van der Waals surface area contributed by atoms with Gasteiger partial charge in [0.1, 0.15) is 17.7 Å². The molecular formula is C15H13ClF2O3. The van der Waals surface area contributed by atoms with Gasteiger partial charge in [0.25, 0.3) is 0 Å². The maximum atomic E-state index is 13.7. The molecule has 0 heterocycles. The number of methoxy groups -OCH3 is 2. The number of benzene rings is 2. The molecule has 0 radical (unpaired) electrons. The Bertz CT molecular complexity index is 641. The maximum Gasteiger partial charge on any atom is 0.179 e. The van der Waals surface area contributed by atoms with E-state index in [4.69, 9.17) is 21.1 Å². The highest BCUT2D eigenvalue weighted by atomic mass is 35.5. The predicted molar refractivity (Wildman–Crippen MR) is 75.0 cm³/mol. The van der Waals surface area contributed by atoms with Crippen LogP contribution >= 0.6 is 11.6 Å². The summed E-state index contributed by atoms with van der Waals surface area (Å²) in [4.78, 5) is 0. The molecule has 0 aliphatic carbocycles. The van der Waals surface area contributed by atoms with Crippen LogP contribution in [0.3, 0.4) is 0 Å². The molecule has 1 N–H and O–H groups in total. The Morgan fingerprint density at radius 3 is 2.19 bits per heavy atom. The van der Waals surface area contributed by atoms with E-state index in [1.54, 1.807) is 0 Å². The third kappa shape index (κ3) is 2.80. The highest BCUT2D eigenvalue weighted by Gasteiger charge is 2.24. The van der Waals surface area contributed by atoms with Crippen LogP contribution in [0.1, 0.15) is 17.2 Å². The van der Waals surface area contributed by atoms with Crippen molar-refractivity contribution in [3.8, 4) is 11.5 Å². The van der Waals surface area contributed by atoms with Gasteiger partial charge in [-0.05, 0) is 18.2 Å². The summed E-state index contributed by atoms with van der Waals surface area (Å²) in [6.45, 7) is 0. The van der Waals surface area contributed by atoms with E-state index in [2.05, 4.69) is 0 Å². The van der Waals surface area contributed by atoms with E-state index in [0.717, 1.165) is 12.1 Å². The minimum Gasteiger partial charge on any atom is -0.493 e. The van der Waals surface area contributed by atoms with Crippen LogP contribution in [0.15, 0.2) is 30.3 Å². The molecule has 6 heteroatoms. The van der Waals surface area contributed by atoms with Gasteiger partial charge in [0, 0.05) is 5.56 Å². The molecule has 21 heavy (non-hydrogen) atoms. The van der Waals surface area contributed by atoms with Gasteiger partial charge in [0.05, 0.1) is 24.8 Å². The van der Waals surface area contributed by atoms with Gasteiger partial charge in [-0.2, -0.15) is 0 Å². The maximum absolute atomic E-state index is 13.7. The Morgan fingerprint density at radius 1 is 1.05 bits per heavy atom. The smallest absolute Gasteiger partial charge is 0.179 e. The van der Waals surface area contributed by atoms with E-state index < -0.39 is 23.3 Å². The fraction of sp³-hybridized carbons (Fsp3) is 0.200. The summed E-state index contributed by atoms with van der Waals surface area (Å²) in [5.74, 6) is -1.17. The molecular weight excluding hydrogens is 302 g/mol. The molecule has 0 aromatic heterocycles. The van der Waals surface area contributed by atoms with Crippen molar-refractivity contribution in [1.29, 1.82) is 0 Å². The lowest BCUT2D eigenvalue weighted by Gasteiger charge is -2.18. The molecule has 0 fully saturated rings. The largest absolute Gasteiger partial charge is 0.493 e. The lowest BCUT2D eigenvalue weighted by atomic mass is 10.00. The predicted octanol–water partition coefficient (Wildman–Crippen LogP) is 3.72. The summed E-state index contributed by atoms with van der Waals surface area (Å²) in [5.41, 5.74) is -0.343. The van der Waals surface area contributed by atoms with E-state index in [9.17, 15) is 13.9 Å². The van der Waals surface area contributed by atoms with E-state index in [-0.39, 0.29) is 16.3 Å². The van der Waals surface area contributed by atoms with Crippen LogP contribution in [-0.2, 0) is 0 Å². The van der Waals surface area contributed by atoms with E-state index in [0.29, 0.717) is 5.75 Å². The van der Waals surface area contributed by atoms with Gasteiger partial charge in [-0.3, -0.25) is 0 Å². The Kier molecular flexibility index (Phi) is 4.65. The van der Waals surface area contributed by atoms with Crippen molar-refractivity contribution in [3.05, 3.63) is 58.1 Å². The molecule has 1 atom stereocenters. The summed E-state index contributed by atoms with van der Waals surface area (Å²) in [6.07, 6.45) is -1.56. The summed E-state index contributed by atoms with van der Waals surface area (Å²) in [5, 5.41) is 10.3. The monoisotopic (exact) mass is 314 g/mol. The first-order chi connectivity index (χ1) is 10.0. The zero-order valence-electron chi connectivity index (χ0n) is 11.4. The van der Waals surface area contributed by atoms with Gasteiger partial charge in [0.2, 0.25) is 0 Å². The Labute approximate surface area is 125 Å². The van der Waals surface area contributed by atoms with Crippen molar-refractivity contribution in [2.45, 2.75) is 6.10 Å². The van der Waals surface area contributed by atoms with Crippen LogP contribution in [0.5, 0.6) is 11.5 Å². The standard InChI is InChI=1S/C15H13ClF2O3/c1-20-11-7-6-8(13(16)15(11)21-2)14(19)12-9(17)4-3-5-10(12)18/h3-7,14,19H,1-2H3. The quantitative estimate of drug-likeness (QED) is 0.935. The Morgan fingerprint density at radius 2 is 1.67 bits per heavy atom. The molecule has 0 aliphatic rings. The number of ether oxygens (including phenoxy) is 2. The second-order valence-electron chi connectivity index (χ2n) is 4.24. The van der Waals surface area contributed by atoms with Crippen molar-refractivity contribution < 1.29 is 23.4 Å². The van der Waals surface area contributed by atoms with Gasteiger partial charge >= 0.3 is 0 Å². The highest BCUT2D eigenvalue weighted by molar-refractivity contribution is 6.33. The van der Waals surface area contributed by atoms with Crippen LogP contribution in [0.25, 0.3) is 0 Å². The fourth-order valence-electron chi connectivity index (χ4n) is 2.04. The summed E-state index contributed by atoms with van der Waals surface area (Å²) in [6, 6.07) is 6.28. The second kappa shape index (κ2) is 6.28. The molecule has 0 aliphatic heterocycles. The Hall–Kier alpha value is -1.85. The number of hydrogen-bond donors (Lipinski definition) is 1. The van der Waals surface area contributed by atoms with Crippen molar-refractivity contribution in [3.63, 3.8) is 0 Å². The number of halogens is 3. The van der Waals surface area contributed by atoms with Crippen LogP contribution in [-0.4, -0.2) is 19.3 Å². The van der Waals surface area contributed by atoms with Gasteiger partial charge in [-0.1, -0.05) is 23.7 Å². The summed E-state index contributed by atoms with van der Waals surface area (Å²) < 4.78 is 37.7. The lowest BCUT2D eigenvalue weighted by Crippen LogP contribution is -2.07. The third-order valence-electron chi connectivity index (χ3n) is 3.08. The SMILES string of the molecule is COc1ccc(C(O)c2c(F)cccc2F)c(Cl)c1OC. The number of hydrogen-bond acceptors (Lipinski definition) is 3. The molecule has 0 saturated heterocycles. The number of aliphatic hydroxyl groups excluding tert-OH is 1. The van der Waals surface area contributed by atoms with Gasteiger partial charge in [-0.25, -0.2) is 8.78 Å². The van der Waals surface area contributed by atoms with Gasteiger partial charge in [-0.15, -0.1) is 0 Å². The van der Waals surface area contributed by atoms with Gasteiger partial charge < -0.3 is 14.6 Å². The first kappa shape index (κ1) is 15.5. The third-order valence-corrected chi connectivity index (χ3v) is 3.47. The molecule has 2 aromatic rings. The molecule has 112 valence electrons. The molecule has 0 amide bonds. The normalized spacial score (nSPS) is 12.1. The minimum absolute atomic E-state index is 0.0343. The lowest BCUT2D eigenvalue weighted by molar-refractivity contribution is 0.208. The molecule has 0 saturated carbocycles. The topological polar surface area (TPSA) is 38.7 Å². The first-order valence-electron chi connectivity index (χ1n) is 6.03. The van der Waals surface area contributed by atoms with Gasteiger partial charge in [0.15, 0.2) is 11.5 Å². The molecule has 0 bridgehead atoms. The van der Waals surface area contributed by atoms with Crippen molar-refractivity contribution in [2.75, 3.05) is 14.2 Å². The molecule has 2 rings (SSSR count).